The number of ketones is 1. The van der Waals surface area contributed by atoms with E-state index in [1.807, 2.05) is 41.5 Å². The van der Waals surface area contributed by atoms with Crippen molar-refractivity contribution in [2.45, 2.75) is 100 Å². The molecule has 2 aromatic carbocycles. The van der Waals surface area contributed by atoms with Gasteiger partial charge in [0.2, 0.25) is 0 Å². The summed E-state index contributed by atoms with van der Waals surface area (Å²) in [4.78, 5) is 18.2. The molecule has 0 aliphatic rings. The van der Waals surface area contributed by atoms with E-state index in [4.69, 9.17) is 4.98 Å². The average molecular weight is 763 g/mol. The third kappa shape index (κ3) is 7.78. The van der Waals surface area contributed by atoms with Gasteiger partial charge in [-0.15, -0.1) is 40.5 Å². The van der Waals surface area contributed by atoms with E-state index in [2.05, 4.69) is 81.6 Å². The van der Waals surface area contributed by atoms with E-state index in [0.29, 0.717) is 0 Å². The van der Waals surface area contributed by atoms with Gasteiger partial charge in [-0.3, -0.25) is 9.78 Å². The van der Waals surface area contributed by atoms with E-state index in [-0.39, 0.29) is 47.9 Å². The summed E-state index contributed by atoms with van der Waals surface area (Å²) in [6, 6.07) is 18.6. The summed E-state index contributed by atoms with van der Waals surface area (Å²) in [5.41, 5.74) is 4.19. The van der Waals surface area contributed by atoms with Gasteiger partial charge in [-0.25, -0.2) is 0 Å². The zero-order valence-corrected chi connectivity index (χ0v) is 30.3. The summed E-state index contributed by atoms with van der Waals surface area (Å²) in [5.74, 6) is 0.286. The summed E-state index contributed by atoms with van der Waals surface area (Å²) < 4.78 is 0. The maximum Gasteiger partial charge on any atom is 0.164 e. The van der Waals surface area contributed by atoms with Crippen LogP contribution in [-0.4, -0.2) is 15.9 Å². The van der Waals surface area contributed by atoms with Crippen LogP contribution in [0.25, 0.3) is 32.2 Å². The van der Waals surface area contributed by atoms with Crippen LogP contribution in [0.1, 0.15) is 99.1 Å². The molecular formula is C37H48IrNO2S-. The summed E-state index contributed by atoms with van der Waals surface area (Å²) in [6.45, 7) is 21.0. The van der Waals surface area contributed by atoms with Crippen LogP contribution in [0.3, 0.4) is 0 Å². The Hall–Kier alpha value is -2.33. The van der Waals surface area contributed by atoms with Crippen molar-refractivity contribution in [3.05, 3.63) is 76.9 Å². The zero-order valence-electron chi connectivity index (χ0n) is 27.1. The number of thiophene rings is 1. The Morgan fingerprint density at radius 3 is 2.07 bits per heavy atom. The average Bonchev–Trinajstić information content (AvgIpc) is 3.35. The van der Waals surface area contributed by atoms with Crippen LogP contribution in [0.5, 0.6) is 0 Å². The number of carbonyl (C=O) groups excluding carboxylic acids is 1. The van der Waals surface area contributed by atoms with Crippen LogP contribution < -0.4 is 0 Å². The summed E-state index contributed by atoms with van der Waals surface area (Å²) in [5, 5.41) is 16.0. The molecule has 0 bridgehead atoms. The fourth-order valence-electron chi connectivity index (χ4n) is 4.86. The van der Waals surface area contributed by atoms with Gasteiger partial charge in [0.05, 0.1) is 0 Å². The molecule has 4 rings (SSSR count). The molecule has 2 heterocycles. The number of nitrogens with zero attached hydrogens (tertiary/aromatic N) is 1. The number of benzene rings is 2. The number of carbonyl (C=O) groups is 1. The Morgan fingerprint density at radius 1 is 0.905 bits per heavy atom. The molecule has 1 radical (unpaired) electrons. The second-order valence-electron chi connectivity index (χ2n) is 12.8. The predicted octanol–water partition coefficient (Wildman–Crippen LogP) is 11.2. The van der Waals surface area contributed by atoms with Gasteiger partial charge in [-0.1, -0.05) is 104 Å². The SMILES string of the molecule is CCC(C)(CC)C(=O)/C=C(\O)C(C)(CC)CC.Cc1csc2nc(-c3[c-]c4ccccc4c(C(C)(C)C)c3)ccc12.[Ir]. The molecule has 0 saturated heterocycles. The fourth-order valence-corrected chi connectivity index (χ4v) is 5.78. The molecule has 1 N–H and O–H groups in total. The van der Waals surface area contributed by atoms with Gasteiger partial charge in [-0.2, -0.15) is 0 Å². The van der Waals surface area contributed by atoms with E-state index >= 15 is 0 Å². The smallest absolute Gasteiger partial charge is 0.164 e. The van der Waals surface area contributed by atoms with Crippen LogP contribution in [0, 0.1) is 23.8 Å². The third-order valence-corrected chi connectivity index (χ3v) is 10.1. The van der Waals surface area contributed by atoms with Gasteiger partial charge in [0.1, 0.15) is 10.6 Å². The zero-order chi connectivity index (χ0) is 30.6. The standard InChI is InChI=1S/C22H20NS.C15H28O2.Ir/c1-14-13-24-21-17(14)9-10-20(23-21)16-11-15-7-5-6-8-18(15)19(12-16)22(2,3)4;1-7-14(5,8-2)12(16)11-13(17)15(6,9-3)10-4;/h5-10,12-13H,1-4H3;11,16H,7-10H2,1-6H3;/q-1;;/b;12-11-;. The molecule has 0 unspecified atom stereocenters. The number of allylic oxidation sites excluding steroid dienone is 2. The van der Waals surface area contributed by atoms with Crippen molar-refractivity contribution in [2.75, 3.05) is 0 Å². The second-order valence-corrected chi connectivity index (χ2v) is 13.6. The maximum absolute atomic E-state index is 12.2. The summed E-state index contributed by atoms with van der Waals surface area (Å²) in [6.07, 6.45) is 4.75. The molecule has 229 valence electrons. The molecule has 42 heavy (non-hydrogen) atoms. The first kappa shape index (κ1) is 35.9. The Balaban J connectivity index is 0.000000307. The van der Waals surface area contributed by atoms with Gasteiger partial charge in [0.25, 0.3) is 0 Å². The number of pyridine rings is 1. The van der Waals surface area contributed by atoms with Gasteiger partial charge in [-0.05, 0) is 49.0 Å². The third-order valence-electron chi connectivity index (χ3n) is 9.09. The molecule has 2 aromatic heterocycles. The van der Waals surface area contributed by atoms with Crippen molar-refractivity contribution in [3.63, 3.8) is 0 Å². The van der Waals surface area contributed by atoms with Gasteiger partial charge < -0.3 is 5.11 Å². The van der Waals surface area contributed by atoms with Crippen molar-refractivity contribution >= 4 is 38.1 Å². The minimum Gasteiger partial charge on any atom is -0.512 e. The van der Waals surface area contributed by atoms with Crippen molar-refractivity contribution in [1.29, 1.82) is 0 Å². The Labute approximate surface area is 271 Å². The van der Waals surface area contributed by atoms with E-state index in [0.717, 1.165) is 47.2 Å². The van der Waals surface area contributed by atoms with E-state index in [9.17, 15) is 9.90 Å². The minimum absolute atomic E-state index is 0. The Bertz CT molecular complexity index is 1530. The quantitative estimate of drug-likeness (QED) is 0.110. The van der Waals surface area contributed by atoms with Crippen molar-refractivity contribution in [1.82, 2.24) is 4.98 Å². The predicted molar refractivity (Wildman–Crippen MR) is 178 cm³/mol. The number of hydrogen-bond acceptors (Lipinski definition) is 4. The summed E-state index contributed by atoms with van der Waals surface area (Å²) >= 11 is 1.71. The maximum atomic E-state index is 12.2. The molecule has 0 amide bonds. The Morgan fingerprint density at radius 2 is 1.50 bits per heavy atom. The molecule has 0 aliphatic carbocycles. The number of aromatic nitrogens is 1. The van der Waals surface area contributed by atoms with Gasteiger partial charge >= 0.3 is 0 Å². The minimum atomic E-state index is -0.337. The summed E-state index contributed by atoms with van der Waals surface area (Å²) in [7, 11) is 0. The molecule has 0 fully saturated rings. The monoisotopic (exact) mass is 763 g/mol. The topological polar surface area (TPSA) is 50.2 Å². The number of rotatable bonds is 8. The van der Waals surface area contributed by atoms with Crippen LogP contribution in [0.4, 0.5) is 0 Å². The fraction of sp³-hybridized carbons (Fsp3) is 0.459. The number of aryl methyl sites for hydroxylation is 1. The first-order valence-corrected chi connectivity index (χ1v) is 15.9. The molecule has 3 nitrogen and oxygen atoms in total. The second kappa shape index (κ2) is 14.4. The van der Waals surface area contributed by atoms with E-state index in [1.54, 1.807) is 11.3 Å². The first-order valence-electron chi connectivity index (χ1n) is 15.0. The molecular weight excluding hydrogens is 715 g/mol. The van der Waals surface area contributed by atoms with Crippen LogP contribution >= 0.6 is 11.3 Å². The Kier molecular flexibility index (Phi) is 12.3. The van der Waals surface area contributed by atoms with Crippen LogP contribution in [0.15, 0.2) is 59.7 Å². The molecule has 5 heteroatoms. The number of fused-ring (bicyclic) bond motifs is 2. The van der Waals surface area contributed by atoms with Gasteiger partial charge in [0.15, 0.2) is 5.78 Å². The van der Waals surface area contributed by atoms with Crippen molar-refractivity contribution in [2.24, 2.45) is 10.8 Å². The molecule has 0 atom stereocenters. The van der Waals surface area contributed by atoms with E-state index in [1.165, 1.54) is 28.0 Å². The van der Waals surface area contributed by atoms with E-state index < -0.39 is 0 Å². The molecule has 0 saturated carbocycles. The van der Waals surface area contributed by atoms with Crippen molar-refractivity contribution in [3.8, 4) is 11.3 Å². The van der Waals surface area contributed by atoms with Gasteiger partial charge in [0, 0.05) is 48.1 Å². The normalized spacial score (nSPS) is 12.6. The first-order chi connectivity index (χ1) is 19.2. The number of aliphatic hydroxyl groups is 1. The molecule has 4 aromatic rings. The number of hydrogen-bond donors (Lipinski definition) is 1. The molecule has 0 aliphatic heterocycles. The number of aliphatic hydroxyl groups excluding tert-OH is 1. The largest absolute Gasteiger partial charge is 0.512 e. The van der Waals surface area contributed by atoms with Crippen molar-refractivity contribution < 1.29 is 30.0 Å². The molecule has 0 spiro atoms. The van der Waals surface area contributed by atoms with Crippen LogP contribution in [-0.2, 0) is 30.3 Å². The van der Waals surface area contributed by atoms with Crippen LogP contribution in [0.2, 0.25) is 0 Å².